The highest BCUT2D eigenvalue weighted by molar-refractivity contribution is 7.91. The third-order valence-electron chi connectivity index (χ3n) is 2.22. The van der Waals surface area contributed by atoms with Gasteiger partial charge in [0.25, 0.3) is 5.91 Å². The molecule has 1 heterocycles. The number of hydrogen-bond donors (Lipinski definition) is 2. The summed E-state index contributed by atoms with van der Waals surface area (Å²) in [6.07, 6.45) is 1.23. The van der Waals surface area contributed by atoms with Crippen LogP contribution in [-0.4, -0.2) is 24.6 Å². The van der Waals surface area contributed by atoms with Crippen molar-refractivity contribution < 1.29 is 13.2 Å². The van der Waals surface area contributed by atoms with Gasteiger partial charge in [-0.25, -0.2) is 18.1 Å². The van der Waals surface area contributed by atoms with Crippen molar-refractivity contribution in [1.29, 1.82) is 0 Å². The van der Waals surface area contributed by atoms with Crippen molar-refractivity contribution in [3.8, 4) is 0 Å². The van der Waals surface area contributed by atoms with Crippen LogP contribution in [0.5, 0.6) is 0 Å². The lowest BCUT2D eigenvalue weighted by molar-refractivity contribution is 0.0984. The van der Waals surface area contributed by atoms with Crippen LogP contribution in [0.1, 0.15) is 28.2 Å². The maximum absolute atomic E-state index is 11.7. The molecule has 0 bridgehead atoms. The summed E-state index contributed by atoms with van der Waals surface area (Å²) in [5.74, 6) is -0.640. The minimum Gasteiger partial charge on any atom is -0.375 e. The largest absolute Gasteiger partial charge is 0.375 e. The van der Waals surface area contributed by atoms with Crippen molar-refractivity contribution in [3.63, 3.8) is 0 Å². The molecule has 1 aromatic rings. The quantitative estimate of drug-likeness (QED) is 0.812. The monoisotopic (exact) mass is 261 g/mol. The number of sulfonamides is 1. The minimum atomic E-state index is -3.50. The number of nitrogen functional groups attached to an aromatic ring is 1. The summed E-state index contributed by atoms with van der Waals surface area (Å²) in [6.45, 7) is 1.62. The van der Waals surface area contributed by atoms with Gasteiger partial charge in [0.2, 0.25) is 10.0 Å². The van der Waals surface area contributed by atoms with Gasteiger partial charge in [-0.15, -0.1) is 0 Å². The Labute approximate surface area is 96.9 Å². The molecular weight excluding hydrogens is 250 g/mol. The number of aromatic nitrogens is 1. The van der Waals surface area contributed by atoms with E-state index in [4.69, 9.17) is 5.73 Å². The van der Waals surface area contributed by atoms with Crippen LogP contribution >= 0.6 is 11.3 Å². The second-order valence-electron chi connectivity index (χ2n) is 3.64. The summed E-state index contributed by atoms with van der Waals surface area (Å²) in [6, 6.07) is 0. The molecule has 2 rings (SSSR count). The fourth-order valence-corrected chi connectivity index (χ4v) is 3.34. The molecule has 6 nitrogen and oxygen atoms in total. The summed E-state index contributed by atoms with van der Waals surface area (Å²) in [5.41, 5.74) is 5.88. The van der Waals surface area contributed by atoms with E-state index in [1.165, 1.54) is 0 Å². The van der Waals surface area contributed by atoms with Gasteiger partial charge < -0.3 is 5.73 Å². The van der Waals surface area contributed by atoms with E-state index in [-0.39, 0.29) is 10.0 Å². The van der Waals surface area contributed by atoms with E-state index in [2.05, 4.69) is 4.98 Å². The molecule has 0 unspecified atom stereocenters. The highest BCUT2D eigenvalue weighted by Crippen LogP contribution is 2.28. The zero-order valence-electron chi connectivity index (χ0n) is 8.56. The third-order valence-corrected chi connectivity index (χ3v) is 5.02. The number of amides is 1. The van der Waals surface area contributed by atoms with Gasteiger partial charge in [0, 0.05) is 0 Å². The SMILES string of the molecule is Cc1nc(N)sc1C(=O)NS(=O)(=O)C1CC1. The summed E-state index contributed by atoms with van der Waals surface area (Å²) in [4.78, 5) is 15.8. The first-order valence-electron chi connectivity index (χ1n) is 4.69. The Hall–Kier alpha value is -1.15. The van der Waals surface area contributed by atoms with Gasteiger partial charge in [-0.1, -0.05) is 11.3 Å². The van der Waals surface area contributed by atoms with Crippen LogP contribution in [0.3, 0.4) is 0 Å². The lowest BCUT2D eigenvalue weighted by Crippen LogP contribution is -2.33. The molecule has 3 N–H and O–H groups in total. The van der Waals surface area contributed by atoms with E-state index < -0.39 is 21.2 Å². The number of thiazole rings is 1. The number of rotatable bonds is 3. The predicted octanol–water partition coefficient (Wildman–Crippen LogP) is 0.256. The molecule has 1 fully saturated rings. The number of anilines is 1. The van der Waals surface area contributed by atoms with Crippen LogP contribution in [0.4, 0.5) is 5.13 Å². The van der Waals surface area contributed by atoms with Gasteiger partial charge in [0.1, 0.15) is 4.88 Å². The van der Waals surface area contributed by atoms with E-state index in [1.54, 1.807) is 6.92 Å². The van der Waals surface area contributed by atoms with E-state index in [0.717, 1.165) is 11.3 Å². The number of nitrogens with one attached hydrogen (secondary N) is 1. The molecule has 0 atom stereocenters. The van der Waals surface area contributed by atoms with Crippen LogP contribution in [0.15, 0.2) is 0 Å². The number of aryl methyl sites for hydroxylation is 1. The van der Waals surface area contributed by atoms with E-state index >= 15 is 0 Å². The second-order valence-corrected chi connectivity index (χ2v) is 6.63. The van der Waals surface area contributed by atoms with Crippen molar-refractivity contribution in [3.05, 3.63) is 10.6 Å². The number of carbonyl (C=O) groups excluding carboxylic acids is 1. The van der Waals surface area contributed by atoms with E-state index in [0.29, 0.717) is 18.5 Å². The number of hydrogen-bond acceptors (Lipinski definition) is 6. The molecule has 16 heavy (non-hydrogen) atoms. The molecule has 0 spiro atoms. The normalized spacial score (nSPS) is 16.1. The van der Waals surface area contributed by atoms with Crippen LogP contribution < -0.4 is 10.5 Å². The Balaban J connectivity index is 2.17. The summed E-state index contributed by atoms with van der Waals surface area (Å²) < 4.78 is 25.1. The zero-order valence-corrected chi connectivity index (χ0v) is 10.2. The Morgan fingerprint density at radius 2 is 2.19 bits per heavy atom. The fourth-order valence-electron chi connectivity index (χ4n) is 1.27. The molecule has 0 aliphatic heterocycles. The van der Waals surface area contributed by atoms with Crippen LogP contribution in [0, 0.1) is 6.92 Å². The molecule has 1 amide bonds. The number of nitrogens with zero attached hydrogens (tertiary/aromatic N) is 1. The average Bonchev–Trinajstić information content (AvgIpc) is 2.92. The topological polar surface area (TPSA) is 102 Å². The molecule has 0 aromatic carbocycles. The molecule has 1 aliphatic rings. The number of nitrogens with two attached hydrogens (primary N) is 1. The van der Waals surface area contributed by atoms with Gasteiger partial charge in [0.05, 0.1) is 10.9 Å². The van der Waals surface area contributed by atoms with Crippen molar-refractivity contribution in [2.45, 2.75) is 25.0 Å². The molecule has 1 aliphatic carbocycles. The first-order valence-corrected chi connectivity index (χ1v) is 7.05. The molecule has 1 saturated carbocycles. The lowest BCUT2D eigenvalue weighted by Gasteiger charge is -2.03. The van der Waals surface area contributed by atoms with Gasteiger partial charge in [-0.05, 0) is 19.8 Å². The molecular formula is C8H11N3O3S2. The first kappa shape index (κ1) is 11.3. The van der Waals surface area contributed by atoms with Gasteiger partial charge in [0.15, 0.2) is 5.13 Å². The van der Waals surface area contributed by atoms with Crippen LogP contribution in [0.25, 0.3) is 0 Å². The number of carbonyl (C=O) groups is 1. The maximum atomic E-state index is 11.7. The Morgan fingerprint density at radius 1 is 1.56 bits per heavy atom. The Kier molecular flexibility index (Phi) is 2.62. The zero-order chi connectivity index (χ0) is 11.9. The summed E-state index contributed by atoms with van der Waals surface area (Å²) in [5, 5.41) is -0.159. The Bertz CT molecular complexity index is 531. The summed E-state index contributed by atoms with van der Waals surface area (Å²) >= 11 is 0.985. The molecule has 0 radical (unpaired) electrons. The molecule has 0 saturated heterocycles. The lowest BCUT2D eigenvalue weighted by atomic mass is 10.4. The predicted molar refractivity (Wildman–Crippen MR) is 60.7 cm³/mol. The van der Waals surface area contributed by atoms with Gasteiger partial charge in [-0.2, -0.15) is 0 Å². The van der Waals surface area contributed by atoms with Gasteiger partial charge >= 0.3 is 0 Å². The van der Waals surface area contributed by atoms with Crippen molar-refractivity contribution in [1.82, 2.24) is 9.71 Å². The van der Waals surface area contributed by atoms with E-state index in [9.17, 15) is 13.2 Å². The first-order chi connectivity index (χ1) is 7.40. The smallest absolute Gasteiger partial charge is 0.276 e. The van der Waals surface area contributed by atoms with Crippen LogP contribution in [-0.2, 0) is 10.0 Å². The molecule has 8 heteroatoms. The van der Waals surface area contributed by atoms with Crippen molar-refractivity contribution in [2.75, 3.05) is 5.73 Å². The minimum absolute atomic E-state index is 0.252. The van der Waals surface area contributed by atoms with Crippen molar-refractivity contribution in [2.24, 2.45) is 0 Å². The van der Waals surface area contributed by atoms with E-state index in [1.807, 2.05) is 4.72 Å². The Morgan fingerprint density at radius 3 is 2.62 bits per heavy atom. The van der Waals surface area contributed by atoms with Crippen LogP contribution in [0.2, 0.25) is 0 Å². The average molecular weight is 261 g/mol. The molecule has 1 aromatic heterocycles. The highest BCUT2D eigenvalue weighted by Gasteiger charge is 2.37. The third kappa shape index (κ3) is 2.17. The maximum Gasteiger partial charge on any atom is 0.276 e. The van der Waals surface area contributed by atoms with Crippen molar-refractivity contribution >= 4 is 32.4 Å². The highest BCUT2D eigenvalue weighted by atomic mass is 32.2. The summed E-state index contributed by atoms with van der Waals surface area (Å²) in [7, 11) is -3.50. The fraction of sp³-hybridized carbons (Fsp3) is 0.500. The van der Waals surface area contributed by atoms with Gasteiger partial charge in [-0.3, -0.25) is 4.79 Å². The molecule has 88 valence electrons. The standard InChI is InChI=1S/C8H11N3O3S2/c1-4-6(15-8(9)10-4)7(12)11-16(13,14)5-2-3-5/h5H,2-3H2,1H3,(H2,9,10)(H,11,12). The second kappa shape index (κ2) is 3.70.